The van der Waals surface area contributed by atoms with E-state index in [4.69, 9.17) is 23.2 Å². The molecule has 1 N–H and O–H groups in total. The molecule has 0 radical (unpaired) electrons. The molecule has 41 heavy (non-hydrogen) atoms. The topological polar surface area (TPSA) is 86.8 Å². The third-order valence-electron chi connectivity index (χ3n) is 6.72. The fourth-order valence-corrected chi connectivity index (χ4v) is 6.25. The molecule has 0 saturated heterocycles. The summed E-state index contributed by atoms with van der Waals surface area (Å²) in [6.45, 7) is 11.0. The van der Waals surface area contributed by atoms with Crippen molar-refractivity contribution in [3.05, 3.63) is 93.0 Å². The number of nitrogens with zero attached hydrogens (tertiary/aromatic N) is 2. The number of nitrogens with one attached hydrogen (secondary N) is 1. The third kappa shape index (κ3) is 8.24. The number of halogens is 2. The maximum Gasteiger partial charge on any atom is 0.264 e. The maximum absolute atomic E-state index is 14.1. The van der Waals surface area contributed by atoms with Gasteiger partial charge in [-0.05, 0) is 75.1 Å². The van der Waals surface area contributed by atoms with Gasteiger partial charge in [0.05, 0.1) is 10.6 Å². The van der Waals surface area contributed by atoms with Gasteiger partial charge in [0.15, 0.2) is 0 Å². The summed E-state index contributed by atoms with van der Waals surface area (Å²) in [4.78, 5) is 28.6. The van der Waals surface area contributed by atoms with Gasteiger partial charge in [0, 0.05) is 23.1 Å². The molecular formula is C31H37Cl2N3O4S. The second-order valence-electron chi connectivity index (χ2n) is 10.7. The molecule has 0 aliphatic heterocycles. The zero-order chi connectivity index (χ0) is 30.5. The van der Waals surface area contributed by atoms with E-state index in [1.54, 1.807) is 56.3 Å². The molecule has 220 valence electrons. The Kier molecular flexibility index (Phi) is 10.9. The first-order valence-electron chi connectivity index (χ1n) is 13.4. The molecule has 0 aromatic heterocycles. The number of sulfonamides is 1. The minimum atomic E-state index is -4.15. The number of benzene rings is 3. The molecule has 3 rings (SSSR count). The van der Waals surface area contributed by atoms with E-state index in [1.807, 2.05) is 33.8 Å². The molecule has 0 heterocycles. The minimum absolute atomic E-state index is 0.0175. The summed E-state index contributed by atoms with van der Waals surface area (Å²) in [6, 6.07) is 15.8. The van der Waals surface area contributed by atoms with Crippen molar-refractivity contribution in [2.24, 2.45) is 5.92 Å². The zero-order valence-corrected chi connectivity index (χ0v) is 26.6. The first-order chi connectivity index (χ1) is 19.2. The van der Waals surface area contributed by atoms with Crippen LogP contribution < -0.4 is 9.62 Å². The number of carbonyl (C=O) groups excluding carboxylic acids is 2. The maximum atomic E-state index is 14.1. The van der Waals surface area contributed by atoms with E-state index in [1.165, 1.54) is 17.0 Å². The number of aryl methyl sites for hydroxylation is 3. The van der Waals surface area contributed by atoms with E-state index >= 15 is 0 Å². The van der Waals surface area contributed by atoms with E-state index in [9.17, 15) is 18.0 Å². The molecule has 0 aliphatic carbocycles. The normalized spacial score (nSPS) is 12.2. The van der Waals surface area contributed by atoms with Crippen molar-refractivity contribution in [3.8, 4) is 0 Å². The van der Waals surface area contributed by atoms with Gasteiger partial charge >= 0.3 is 0 Å². The molecule has 10 heteroatoms. The summed E-state index contributed by atoms with van der Waals surface area (Å²) in [5.41, 5.74) is 3.52. The standard InChI is InChI=1S/C31H37Cl2N3O4S/c1-20(2)17-34-31(38)24(6)35(18-25-10-11-26(32)16-28(25)33)30(37)19-36(29-14-9-22(4)15-23(29)5)41(39,40)27-12-7-21(3)8-13-27/h7-16,20,24H,17-19H2,1-6H3,(H,34,38)/t24-/m0/s1. The van der Waals surface area contributed by atoms with Crippen molar-refractivity contribution in [1.29, 1.82) is 0 Å². The summed E-state index contributed by atoms with van der Waals surface area (Å²) in [6.07, 6.45) is 0. The third-order valence-corrected chi connectivity index (χ3v) is 9.08. The first-order valence-corrected chi connectivity index (χ1v) is 15.6. The van der Waals surface area contributed by atoms with Gasteiger partial charge in [0.1, 0.15) is 12.6 Å². The van der Waals surface area contributed by atoms with Crippen molar-refractivity contribution in [1.82, 2.24) is 10.2 Å². The molecule has 3 aromatic carbocycles. The summed E-state index contributed by atoms with van der Waals surface area (Å²) in [7, 11) is -4.15. The van der Waals surface area contributed by atoms with E-state index in [0.717, 1.165) is 15.4 Å². The van der Waals surface area contributed by atoms with Gasteiger partial charge < -0.3 is 10.2 Å². The molecular weight excluding hydrogens is 581 g/mol. The molecule has 0 fully saturated rings. The van der Waals surface area contributed by atoms with Crippen LogP contribution in [0.2, 0.25) is 10.0 Å². The van der Waals surface area contributed by atoms with E-state index in [2.05, 4.69) is 5.32 Å². The highest BCUT2D eigenvalue weighted by Crippen LogP contribution is 2.29. The second kappa shape index (κ2) is 13.7. The molecule has 7 nitrogen and oxygen atoms in total. The lowest BCUT2D eigenvalue weighted by Crippen LogP contribution is -2.51. The van der Waals surface area contributed by atoms with Crippen molar-refractivity contribution < 1.29 is 18.0 Å². The Morgan fingerprint density at radius 3 is 2.10 bits per heavy atom. The fraction of sp³-hybridized carbons (Fsp3) is 0.355. The smallest absolute Gasteiger partial charge is 0.264 e. The van der Waals surface area contributed by atoms with Crippen LogP contribution in [0.5, 0.6) is 0 Å². The van der Waals surface area contributed by atoms with Gasteiger partial charge in [-0.3, -0.25) is 13.9 Å². The predicted octanol–water partition coefficient (Wildman–Crippen LogP) is 6.30. The molecule has 1 atom stereocenters. The SMILES string of the molecule is Cc1ccc(S(=O)(=O)N(CC(=O)N(Cc2ccc(Cl)cc2Cl)[C@@H](C)C(=O)NCC(C)C)c2ccc(C)cc2C)cc1. The highest BCUT2D eigenvalue weighted by atomic mass is 35.5. The Bertz CT molecular complexity index is 1510. The number of hydrogen-bond acceptors (Lipinski definition) is 4. The Labute approximate surface area is 253 Å². The van der Waals surface area contributed by atoms with Crippen LogP contribution in [0.15, 0.2) is 65.6 Å². The quantitative estimate of drug-likeness (QED) is 0.273. The lowest BCUT2D eigenvalue weighted by atomic mass is 10.1. The van der Waals surface area contributed by atoms with Crippen LogP contribution >= 0.6 is 23.2 Å². The Balaban J connectivity index is 2.07. The summed E-state index contributed by atoms with van der Waals surface area (Å²) in [5, 5.41) is 3.64. The molecule has 3 aromatic rings. The van der Waals surface area contributed by atoms with Gasteiger partial charge in [-0.15, -0.1) is 0 Å². The molecule has 0 bridgehead atoms. The monoisotopic (exact) mass is 617 g/mol. The zero-order valence-electron chi connectivity index (χ0n) is 24.2. The fourth-order valence-electron chi connectivity index (χ4n) is 4.30. The van der Waals surface area contributed by atoms with E-state index < -0.39 is 28.5 Å². The molecule has 0 spiro atoms. The summed E-state index contributed by atoms with van der Waals surface area (Å²) < 4.78 is 29.1. The summed E-state index contributed by atoms with van der Waals surface area (Å²) >= 11 is 12.5. The van der Waals surface area contributed by atoms with Gasteiger partial charge in [0.2, 0.25) is 11.8 Å². The van der Waals surface area contributed by atoms with Crippen LogP contribution in [-0.2, 0) is 26.2 Å². The van der Waals surface area contributed by atoms with Gasteiger partial charge in [-0.2, -0.15) is 0 Å². The van der Waals surface area contributed by atoms with Gasteiger partial charge in [-0.1, -0.05) is 78.5 Å². The van der Waals surface area contributed by atoms with E-state index in [0.29, 0.717) is 33.4 Å². The first kappa shape index (κ1) is 32.4. The largest absolute Gasteiger partial charge is 0.354 e. The average Bonchev–Trinajstić information content (AvgIpc) is 2.90. The number of anilines is 1. The van der Waals surface area contributed by atoms with E-state index in [-0.39, 0.29) is 23.3 Å². The number of carbonyl (C=O) groups is 2. The van der Waals surface area contributed by atoms with Crippen LogP contribution in [0, 0.1) is 26.7 Å². The molecule has 0 unspecified atom stereocenters. The highest BCUT2D eigenvalue weighted by molar-refractivity contribution is 7.92. The molecule has 0 saturated carbocycles. The van der Waals surface area contributed by atoms with Crippen LogP contribution in [0.3, 0.4) is 0 Å². The van der Waals surface area contributed by atoms with Gasteiger partial charge in [0.25, 0.3) is 10.0 Å². The number of hydrogen-bond donors (Lipinski definition) is 1. The lowest BCUT2D eigenvalue weighted by Gasteiger charge is -2.32. The molecule has 0 aliphatic rings. The lowest BCUT2D eigenvalue weighted by molar-refractivity contribution is -0.139. The Morgan fingerprint density at radius 2 is 1.51 bits per heavy atom. The van der Waals surface area contributed by atoms with Crippen LogP contribution in [0.4, 0.5) is 5.69 Å². The highest BCUT2D eigenvalue weighted by Gasteiger charge is 2.33. The predicted molar refractivity (Wildman–Crippen MR) is 166 cm³/mol. The number of rotatable bonds is 11. The van der Waals surface area contributed by atoms with Crippen LogP contribution in [0.1, 0.15) is 43.0 Å². The average molecular weight is 619 g/mol. The Hall–Kier alpha value is -3.07. The van der Waals surface area contributed by atoms with Crippen LogP contribution in [-0.4, -0.2) is 44.3 Å². The second-order valence-corrected chi connectivity index (χ2v) is 13.4. The Morgan fingerprint density at radius 1 is 0.878 bits per heavy atom. The summed E-state index contributed by atoms with van der Waals surface area (Å²) in [5.74, 6) is -0.698. The number of amides is 2. The van der Waals surface area contributed by atoms with Crippen molar-refractivity contribution in [3.63, 3.8) is 0 Å². The van der Waals surface area contributed by atoms with Crippen molar-refractivity contribution >= 4 is 50.7 Å². The van der Waals surface area contributed by atoms with Gasteiger partial charge in [-0.25, -0.2) is 8.42 Å². The molecule has 2 amide bonds. The minimum Gasteiger partial charge on any atom is -0.354 e. The van der Waals surface area contributed by atoms with Crippen LogP contribution in [0.25, 0.3) is 0 Å². The van der Waals surface area contributed by atoms with Crippen molar-refractivity contribution in [2.75, 3.05) is 17.4 Å². The van der Waals surface area contributed by atoms with Crippen molar-refractivity contribution in [2.45, 2.75) is 59.0 Å².